The number of rotatable bonds is 4. The van der Waals surface area contributed by atoms with Gasteiger partial charge in [0.15, 0.2) is 5.82 Å². The molecule has 1 aliphatic heterocycles. The smallest absolute Gasteiger partial charge is 0.320 e. The van der Waals surface area contributed by atoms with Crippen molar-refractivity contribution in [3.8, 4) is 22.6 Å². The largest absolute Gasteiger partial charge is 0.322 e. The number of anilines is 1. The number of hydrogen-bond acceptors (Lipinski definition) is 4. The molecule has 1 aliphatic rings. The summed E-state index contributed by atoms with van der Waals surface area (Å²) in [5.74, 6) is 0.254. The summed E-state index contributed by atoms with van der Waals surface area (Å²) in [6.45, 7) is 4.69. The van der Waals surface area contributed by atoms with Gasteiger partial charge in [0.2, 0.25) is 0 Å². The van der Waals surface area contributed by atoms with Crippen LogP contribution in [0.25, 0.3) is 22.6 Å². The number of carbonyl (C=O) groups excluding carboxylic acids is 1. The van der Waals surface area contributed by atoms with E-state index in [2.05, 4.69) is 17.2 Å². The Morgan fingerprint density at radius 2 is 1.97 bits per heavy atom. The first-order valence-corrected chi connectivity index (χ1v) is 11.7. The summed E-state index contributed by atoms with van der Waals surface area (Å²) in [6.07, 6.45) is 4.89. The Morgan fingerprint density at radius 1 is 1.11 bits per heavy atom. The second-order valence-corrected chi connectivity index (χ2v) is 8.63. The molecule has 2 amide bonds. The molecule has 176 valence electrons. The number of benzene rings is 2. The molecule has 4 aromatic rings. The molecule has 1 N–H and O–H groups in total. The zero-order chi connectivity index (χ0) is 24.4. The quantitative estimate of drug-likeness (QED) is 0.411. The van der Waals surface area contributed by atoms with Crippen molar-refractivity contribution in [2.24, 2.45) is 0 Å². The van der Waals surface area contributed by atoms with Crippen LogP contribution in [0, 0.1) is 12.7 Å². The summed E-state index contributed by atoms with van der Waals surface area (Å²) >= 11 is 0. The average molecular weight is 468 g/mol. The first kappa shape index (κ1) is 22.7. The predicted molar refractivity (Wildman–Crippen MR) is 134 cm³/mol. The molecule has 0 unspecified atom stereocenters. The fourth-order valence-corrected chi connectivity index (χ4v) is 4.37. The van der Waals surface area contributed by atoms with E-state index in [1.807, 2.05) is 42.5 Å². The first-order chi connectivity index (χ1) is 17.0. The molecular weight excluding hydrogens is 441 g/mol. The maximum absolute atomic E-state index is 14.5. The minimum absolute atomic E-state index is 0.179. The van der Waals surface area contributed by atoms with Crippen molar-refractivity contribution in [3.05, 3.63) is 95.2 Å². The number of fused-ring (bicyclic) bond motifs is 1. The van der Waals surface area contributed by atoms with Crippen LogP contribution in [-0.4, -0.2) is 32.4 Å². The third kappa shape index (κ3) is 4.62. The molecule has 0 spiro atoms. The van der Waals surface area contributed by atoms with E-state index in [9.17, 15) is 9.18 Å². The van der Waals surface area contributed by atoms with Gasteiger partial charge >= 0.3 is 6.03 Å². The summed E-state index contributed by atoms with van der Waals surface area (Å²) < 4.78 is 14.5. The molecule has 3 heterocycles. The Hall–Kier alpha value is -4.13. The van der Waals surface area contributed by atoms with Gasteiger partial charge in [0.25, 0.3) is 0 Å². The van der Waals surface area contributed by atoms with Crippen molar-refractivity contribution in [1.29, 1.82) is 0 Å². The summed E-state index contributed by atoms with van der Waals surface area (Å²) in [4.78, 5) is 28.8. The molecule has 5 rings (SSSR count). The molecular formula is C28H26FN5O. The van der Waals surface area contributed by atoms with Crippen LogP contribution in [0.15, 0.2) is 67.0 Å². The molecule has 0 saturated carbocycles. The SMILES string of the molecule is CCc1cccc(NC(=O)N2CCc3nc(-c4cccnc4)nc(-c4cccc(F)c4C)c3C2)c1. The van der Waals surface area contributed by atoms with Crippen LogP contribution in [-0.2, 0) is 19.4 Å². The normalized spacial score (nSPS) is 12.8. The number of nitrogens with one attached hydrogen (secondary N) is 1. The lowest BCUT2D eigenvalue weighted by atomic mass is 9.96. The number of amides is 2. The second kappa shape index (κ2) is 9.62. The Kier molecular flexibility index (Phi) is 6.23. The Labute approximate surface area is 203 Å². The van der Waals surface area contributed by atoms with Gasteiger partial charge < -0.3 is 10.2 Å². The van der Waals surface area contributed by atoms with E-state index in [0.717, 1.165) is 34.5 Å². The zero-order valence-corrected chi connectivity index (χ0v) is 19.8. The van der Waals surface area contributed by atoms with E-state index in [-0.39, 0.29) is 11.8 Å². The molecule has 0 saturated heterocycles. The molecule has 2 aromatic heterocycles. The van der Waals surface area contributed by atoms with Crippen LogP contribution < -0.4 is 5.32 Å². The number of pyridine rings is 1. The minimum atomic E-state index is -0.293. The van der Waals surface area contributed by atoms with E-state index in [4.69, 9.17) is 9.97 Å². The average Bonchev–Trinajstić information content (AvgIpc) is 2.90. The number of aryl methyl sites for hydroxylation is 1. The van der Waals surface area contributed by atoms with Gasteiger partial charge in [-0.15, -0.1) is 0 Å². The number of nitrogens with zero attached hydrogens (tertiary/aromatic N) is 4. The maximum Gasteiger partial charge on any atom is 0.322 e. The van der Waals surface area contributed by atoms with Gasteiger partial charge in [-0.3, -0.25) is 4.98 Å². The summed E-state index contributed by atoms with van der Waals surface area (Å²) in [5, 5.41) is 3.01. The topological polar surface area (TPSA) is 71.0 Å². The minimum Gasteiger partial charge on any atom is -0.320 e. The number of hydrogen-bond donors (Lipinski definition) is 1. The van der Waals surface area contributed by atoms with E-state index < -0.39 is 0 Å². The van der Waals surface area contributed by atoms with Crippen molar-refractivity contribution < 1.29 is 9.18 Å². The summed E-state index contributed by atoms with van der Waals surface area (Å²) in [6, 6.07) is 16.4. The zero-order valence-electron chi connectivity index (χ0n) is 19.8. The lowest BCUT2D eigenvalue weighted by molar-refractivity contribution is 0.206. The van der Waals surface area contributed by atoms with Gasteiger partial charge in [-0.05, 0) is 54.8 Å². The fraction of sp³-hybridized carbons (Fsp3) is 0.214. The predicted octanol–water partition coefficient (Wildman–Crippen LogP) is 5.81. The highest BCUT2D eigenvalue weighted by Gasteiger charge is 2.27. The highest BCUT2D eigenvalue weighted by Crippen LogP contribution is 2.33. The van der Waals surface area contributed by atoms with Crippen molar-refractivity contribution in [3.63, 3.8) is 0 Å². The lowest BCUT2D eigenvalue weighted by Crippen LogP contribution is -2.39. The van der Waals surface area contributed by atoms with Crippen LogP contribution in [0.3, 0.4) is 0 Å². The van der Waals surface area contributed by atoms with Gasteiger partial charge in [-0.2, -0.15) is 0 Å². The Bertz CT molecular complexity index is 1390. The van der Waals surface area contributed by atoms with Gasteiger partial charge in [0.1, 0.15) is 5.82 Å². The fourth-order valence-electron chi connectivity index (χ4n) is 4.37. The maximum atomic E-state index is 14.5. The van der Waals surface area contributed by atoms with Crippen LogP contribution >= 0.6 is 0 Å². The Morgan fingerprint density at radius 3 is 2.77 bits per heavy atom. The molecule has 0 aliphatic carbocycles. The number of aromatic nitrogens is 3. The van der Waals surface area contributed by atoms with Crippen LogP contribution in [0.1, 0.15) is 29.3 Å². The van der Waals surface area contributed by atoms with Crippen molar-refractivity contribution >= 4 is 11.7 Å². The molecule has 0 atom stereocenters. The van der Waals surface area contributed by atoms with Gasteiger partial charge in [-0.25, -0.2) is 19.2 Å². The molecule has 0 fully saturated rings. The molecule has 35 heavy (non-hydrogen) atoms. The second-order valence-electron chi connectivity index (χ2n) is 8.63. The van der Waals surface area contributed by atoms with Crippen molar-refractivity contribution in [1.82, 2.24) is 19.9 Å². The lowest BCUT2D eigenvalue weighted by Gasteiger charge is -2.30. The van der Waals surface area contributed by atoms with Gasteiger partial charge in [-0.1, -0.05) is 31.2 Å². The van der Waals surface area contributed by atoms with Crippen molar-refractivity contribution in [2.45, 2.75) is 33.2 Å². The van der Waals surface area contributed by atoms with Crippen LogP contribution in [0.5, 0.6) is 0 Å². The molecule has 6 nitrogen and oxygen atoms in total. The van der Waals surface area contributed by atoms with Gasteiger partial charge in [0.05, 0.1) is 17.9 Å². The molecule has 0 bridgehead atoms. The van der Waals surface area contributed by atoms with E-state index in [1.54, 1.807) is 30.3 Å². The van der Waals surface area contributed by atoms with Crippen molar-refractivity contribution in [2.75, 3.05) is 11.9 Å². The highest BCUT2D eigenvalue weighted by atomic mass is 19.1. The Balaban J connectivity index is 1.53. The third-order valence-corrected chi connectivity index (χ3v) is 6.38. The van der Waals surface area contributed by atoms with E-state index in [0.29, 0.717) is 42.2 Å². The summed E-state index contributed by atoms with van der Waals surface area (Å²) in [5.41, 5.74) is 6.30. The molecule has 2 aromatic carbocycles. The van der Waals surface area contributed by atoms with Gasteiger partial charge in [0, 0.05) is 47.7 Å². The van der Waals surface area contributed by atoms with E-state index in [1.165, 1.54) is 6.07 Å². The highest BCUT2D eigenvalue weighted by molar-refractivity contribution is 5.89. The number of halogens is 1. The molecule has 0 radical (unpaired) electrons. The van der Waals surface area contributed by atoms with Crippen LogP contribution in [0.4, 0.5) is 14.9 Å². The van der Waals surface area contributed by atoms with Crippen LogP contribution in [0.2, 0.25) is 0 Å². The molecule has 7 heteroatoms. The third-order valence-electron chi connectivity index (χ3n) is 6.38. The number of urea groups is 1. The monoisotopic (exact) mass is 467 g/mol. The number of carbonyl (C=O) groups is 1. The first-order valence-electron chi connectivity index (χ1n) is 11.7. The van der Waals surface area contributed by atoms with E-state index >= 15 is 0 Å². The standard InChI is InChI=1S/C28H26FN5O/c1-3-19-7-4-9-21(15-19)31-28(35)34-14-12-25-23(17-34)26(22-10-5-11-24(29)18(22)2)33-27(32-25)20-8-6-13-30-16-20/h4-11,13,15-16H,3,12,14,17H2,1-2H3,(H,31,35). The summed E-state index contributed by atoms with van der Waals surface area (Å²) in [7, 11) is 0.